The Labute approximate surface area is 84.3 Å². The molecule has 4 nitrogen and oxygen atoms in total. The highest BCUT2D eigenvalue weighted by atomic mass is 15.2. The highest BCUT2D eigenvalue weighted by Gasteiger charge is 2.27. The fraction of sp³-hybridized carbons (Fsp3) is 0.800. The van der Waals surface area contributed by atoms with Crippen molar-refractivity contribution in [1.82, 2.24) is 15.2 Å². The molecule has 1 aliphatic carbocycles. The van der Waals surface area contributed by atoms with Crippen molar-refractivity contribution in [3.05, 3.63) is 11.6 Å². The van der Waals surface area contributed by atoms with Crippen LogP contribution in [0.2, 0.25) is 0 Å². The molecule has 0 aromatic carbocycles. The van der Waals surface area contributed by atoms with Crippen molar-refractivity contribution >= 4 is 0 Å². The molecule has 0 amide bonds. The van der Waals surface area contributed by atoms with Gasteiger partial charge >= 0.3 is 0 Å². The Morgan fingerprint density at radius 2 is 2.36 bits per heavy atom. The molecule has 1 atom stereocenters. The molecule has 1 aliphatic rings. The number of nitrogens with zero attached hydrogens (tertiary/aromatic N) is 2. The molecular formula is C10H18N4. The molecule has 1 unspecified atom stereocenters. The van der Waals surface area contributed by atoms with E-state index in [-0.39, 0.29) is 0 Å². The summed E-state index contributed by atoms with van der Waals surface area (Å²) in [5.41, 5.74) is 5.65. The monoisotopic (exact) mass is 194 g/mol. The summed E-state index contributed by atoms with van der Waals surface area (Å²) in [7, 11) is 0. The number of nitrogens with two attached hydrogens (primary N) is 1. The average Bonchev–Trinajstić information content (AvgIpc) is 2.96. The van der Waals surface area contributed by atoms with Gasteiger partial charge in [0.1, 0.15) is 5.82 Å². The third-order valence-corrected chi connectivity index (χ3v) is 2.88. The number of aromatic nitrogens is 3. The third kappa shape index (κ3) is 2.12. The van der Waals surface area contributed by atoms with Crippen LogP contribution < -0.4 is 5.73 Å². The summed E-state index contributed by atoms with van der Waals surface area (Å²) in [6.07, 6.45) is 4.56. The molecule has 3 N–H and O–H groups in total. The predicted octanol–water partition coefficient (Wildman–Crippen LogP) is 1.21. The van der Waals surface area contributed by atoms with Gasteiger partial charge in [0, 0.05) is 12.3 Å². The first kappa shape index (κ1) is 9.65. The van der Waals surface area contributed by atoms with Crippen LogP contribution in [0.4, 0.5) is 0 Å². The smallest absolute Gasteiger partial charge is 0.153 e. The predicted molar refractivity (Wildman–Crippen MR) is 54.9 cm³/mol. The van der Waals surface area contributed by atoms with E-state index in [1.54, 1.807) is 0 Å². The Morgan fingerprint density at radius 1 is 1.57 bits per heavy atom. The second kappa shape index (κ2) is 4.09. The second-order valence-electron chi connectivity index (χ2n) is 4.13. The molecule has 0 spiro atoms. The lowest BCUT2D eigenvalue weighted by Gasteiger charge is -2.08. The van der Waals surface area contributed by atoms with Gasteiger partial charge in [-0.15, -0.1) is 0 Å². The van der Waals surface area contributed by atoms with Crippen LogP contribution in [-0.2, 0) is 6.42 Å². The van der Waals surface area contributed by atoms with Crippen molar-refractivity contribution in [2.24, 2.45) is 11.7 Å². The lowest BCUT2D eigenvalue weighted by Crippen LogP contribution is -2.16. The fourth-order valence-corrected chi connectivity index (χ4v) is 1.59. The van der Waals surface area contributed by atoms with Gasteiger partial charge in [-0.25, -0.2) is 4.98 Å². The zero-order valence-corrected chi connectivity index (χ0v) is 8.66. The van der Waals surface area contributed by atoms with Crippen LogP contribution >= 0.6 is 0 Å². The highest BCUT2D eigenvalue weighted by Crippen LogP contribution is 2.37. The summed E-state index contributed by atoms with van der Waals surface area (Å²) in [4.78, 5) is 4.49. The van der Waals surface area contributed by atoms with Gasteiger partial charge in [0.05, 0.1) is 0 Å². The van der Waals surface area contributed by atoms with Gasteiger partial charge in [0.25, 0.3) is 0 Å². The first-order valence-corrected chi connectivity index (χ1v) is 5.44. The lowest BCUT2D eigenvalue weighted by atomic mass is 10.0. The number of rotatable bonds is 5. The van der Waals surface area contributed by atoms with Crippen molar-refractivity contribution < 1.29 is 0 Å². The normalized spacial score (nSPS) is 18.4. The number of H-pyrrole nitrogens is 1. The molecule has 1 aromatic heterocycles. The maximum absolute atomic E-state index is 5.65. The molecule has 1 heterocycles. The van der Waals surface area contributed by atoms with Crippen LogP contribution in [0.15, 0.2) is 0 Å². The minimum atomic E-state index is 0.537. The average molecular weight is 194 g/mol. The Morgan fingerprint density at radius 3 is 2.93 bits per heavy atom. The summed E-state index contributed by atoms with van der Waals surface area (Å²) in [5.74, 6) is 3.18. The van der Waals surface area contributed by atoms with Crippen LogP contribution in [0.3, 0.4) is 0 Å². The standard InChI is InChI=1S/C10H18N4/c1-2-7(6-11)5-9-12-10(14-13-9)8-3-4-8/h7-8H,2-6,11H2,1H3,(H,12,13,14). The third-order valence-electron chi connectivity index (χ3n) is 2.88. The molecular weight excluding hydrogens is 176 g/mol. The quantitative estimate of drug-likeness (QED) is 0.740. The van der Waals surface area contributed by atoms with E-state index in [1.165, 1.54) is 12.8 Å². The van der Waals surface area contributed by atoms with E-state index in [9.17, 15) is 0 Å². The SMILES string of the molecule is CCC(CN)Cc1nc(C2CC2)n[nH]1. The number of nitrogens with one attached hydrogen (secondary N) is 1. The van der Waals surface area contributed by atoms with E-state index in [2.05, 4.69) is 22.1 Å². The van der Waals surface area contributed by atoms with Crippen LogP contribution in [0, 0.1) is 5.92 Å². The van der Waals surface area contributed by atoms with Crippen molar-refractivity contribution in [2.75, 3.05) is 6.54 Å². The van der Waals surface area contributed by atoms with Crippen molar-refractivity contribution in [2.45, 2.75) is 38.5 Å². The summed E-state index contributed by atoms with van der Waals surface area (Å²) >= 11 is 0. The molecule has 1 aromatic rings. The van der Waals surface area contributed by atoms with E-state index in [1.807, 2.05) is 0 Å². The molecule has 2 rings (SSSR count). The molecule has 0 radical (unpaired) electrons. The van der Waals surface area contributed by atoms with Crippen LogP contribution in [0.25, 0.3) is 0 Å². The minimum absolute atomic E-state index is 0.537. The van der Waals surface area contributed by atoms with Gasteiger partial charge in [-0.1, -0.05) is 13.3 Å². The molecule has 1 fully saturated rings. The Bertz CT molecular complexity index is 286. The molecule has 14 heavy (non-hydrogen) atoms. The Kier molecular flexibility index (Phi) is 2.82. The molecule has 0 saturated heterocycles. The maximum atomic E-state index is 5.65. The highest BCUT2D eigenvalue weighted by molar-refractivity contribution is 5.05. The van der Waals surface area contributed by atoms with E-state index in [0.717, 1.165) is 31.0 Å². The number of hydrogen-bond donors (Lipinski definition) is 2. The van der Waals surface area contributed by atoms with Gasteiger partial charge in [-0.05, 0) is 25.3 Å². The van der Waals surface area contributed by atoms with Crippen LogP contribution in [0.5, 0.6) is 0 Å². The number of hydrogen-bond acceptors (Lipinski definition) is 3. The van der Waals surface area contributed by atoms with E-state index < -0.39 is 0 Å². The van der Waals surface area contributed by atoms with E-state index >= 15 is 0 Å². The van der Waals surface area contributed by atoms with Crippen molar-refractivity contribution in [1.29, 1.82) is 0 Å². The van der Waals surface area contributed by atoms with E-state index in [0.29, 0.717) is 11.8 Å². The van der Waals surface area contributed by atoms with Crippen molar-refractivity contribution in [3.63, 3.8) is 0 Å². The molecule has 78 valence electrons. The number of aromatic amines is 1. The lowest BCUT2D eigenvalue weighted by molar-refractivity contribution is 0.506. The molecule has 0 bridgehead atoms. The minimum Gasteiger partial charge on any atom is -0.330 e. The molecule has 1 saturated carbocycles. The summed E-state index contributed by atoms with van der Waals surface area (Å²) in [5, 5.41) is 7.23. The summed E-state index contributed by atoms with van der Waals surface area (Å²) < 4.78 is 0. The first-order chi connectivity index (χ1) is 6.83. The second-order valence-corrected chi connectivity index (χ2v) is 4.13. The molecule has 0 aliphatic heterocycles. The van der Waals surface area contributed by atoms with Gasteiger partial charge in [0.2, 0.25) is 0 Å². The summed E-state index contributed by atoms with van der Waals surface area (Å²) in [6, 6.07) is 0. The van der Waals surface area contributed by atoms with Crippen LogP contribution in [-0.4, -0.2) is 21.7 Å². The maximum Gasteiger partial charge on any atom is 0.153 e. The fourth-order valence-electron chi connectivity index (χ4n) is 1.59. The Hall–Kier alpha value is -0.900. The summed E-state index contributed by atoms with van der Waals surface area (Å²) in [6.45, 7) is 2.89. The topological polar surface area (TPSA) is 67.6 Å². The Balaban J connectivity index is 1.94. The van der Waals surface area contributed by atoms with Crippen LogP contribution in [0.1, 0.15) is 43.8 Å². The largest absolute Gasteiger partial charge is 0.330 e. The van der Waals surface area contributed by atoms with Gasteiger partial charge in [-0.2, -0.15) is 5.10 Å². The zero-order valence-electron chi connectivity index (χ0n) is 8.66. The van der Waals surface area contributed by atoms with Crippen molar-refractivity contribution in [3.8, 4) is 0 Å². The van der Waals surface area contributed by atoms with E-state index in [4.69, 9.17) is 5.73 Å². The molecule has 4 heteroatoms. The van der Waals surface area contributed by atoms with Gasteiger partial charge in [0.15, 0.2) is 5.82 Å². The van der Waals surface area contributed by atoms with Gasteiger partial charge in [-0.3, -0.25) is 5.10 Å². The zero-order chi connectivity index (χ0) is 9.97. The van der Waals surface area contributed by atoms with Gasteiger partial charge < -0.3 is 5.73 Å². The first-order valence-electron chi connectivity index (χ1n) is 5.44.